The summed E-state index contributed by atoms with van der Waals surface area (Å²) < 4.78 is 16.5. The van der Waals surface area contributed by atoms with E-state index < -0.39 is 61.2 Å². The van der Waals surface area contributed by atoms with Crippen LogP contribution in [0.5, 0.6) is 0 Å². The second-order valence-corrected chi connectivity index (χ2v) is 6.05. The van der Waals surface area contributed by atoms with E-state index in [-0.39, 0.29) is 0 Å². The minimum Gasteiger partial charge on any atom is -0.388 e. The summed E-state index contributed by atoms with van der Waals surface area (Å²) in [6.07, 6.45) is -9.80. The Morgan fingerprint density at radius 2 is 1.41 bits per heavy atom. The van der Waals surface area contributed by atoms with Crippen LogP contribution in [0.15, 0.2) is 0 Å². The van der Waals surface area contributed by atoms with E-state index in [0.29, 0.717) is 6.42 Å². The highest BCUT2D eigenvalue weighted by molar-refractivity contribution is 4.93. The van der Waals surface area contributed by atoms with Crippen molar-refractivity contribution >= 4 is 0 Å². The third-order valence-corrected chi connectivity index (χ3v) is 4.42. The third-order valence-electron chi connectivity index (χ3n) is 4.42. The summed E-state index contributed by atoms with van der Waals surface area (Å²) in [5.74, 6) is 0. The molecule has 2 rings (SSSR count). The number of aliphatic hydroxyl groups is 5. The second kappa shape index (κ2) is 7.06. The van der Waals surface area contributed by atoms with Crippen molar-refractivity contribution in [1.82, 2.24) is 0 Å². The van der Waals surface area contributed by atoms with Gasteiger partial charge in [-0.05, 0) is 20.3 Å². The lowest BCUT2D eigenvalue weighted by molar-refractivity contribution is -0.334. The predicted molar refractivity (Wildman–Crippen MR) is 73.9 cm³/mol. The monoisotopic (exact) mass is 322 g/mol. The molecule has 2 heterocycles. The molecular formula is C14H26O8. The van der Waals surface area contributed by atoms with Gasteiger partial charge in [-0.15, -0.1) is 0 Å². The maximum atomic E-state index is 10.2. The maximum Gasteiger partial charge on any atom is 0.187 e. The van der Waals surface area contributed by atoms with E-state index in [9.17, 15) is 25.5 Å². The highest BCUT2D eigenvalue weighted by Crippen LogP contribution is 2.29. The number of rotatable bonds is 3. The van der Waals surface area contributed by atoms with E-state index in [1.165, 1.54) is 6.92 Å². The van der Waals surface area contributed by atoms with Crippen LogP contribution in [0.25, 0.3) is 0 Å². The highest BCUT2D eigenvalue weighted by Gasteiger charge is 2.48. The van der Waals surface area contributed by atoms with Crippen LogP contribution in [-0.2, 0) is 14.2 Å². The van der Waals surface area contributed by atoms with Gasteiger partial charge < -0.3 is 39.7 Å². The van der Waals surface area contributed by atoms with Gasteiger partial charge in [-0.2, -0.15) is 0 Å². The van der Waals surface area contributed by atoms with Crippen molar-refractivity contribution in [3.8, 4) is 0 Å². The molecule has 8 heteroatoms. The molecule has 22 heavy (non-hydrogen) atoms. The van der Waals surface area contributed by atoms with E-state index in [1.807, 2.05) is 6.92 Å². The number of hydrogen-bond donors (Lipinski definition) is 5. The summed E-state index contributed by atoms with van der Waals surface area (Å²) in [5, 5.41) is 49.6. The average molecular weight is 322 g/mol. The molecule has 5 N–H and O–H groups in total. The van der Waals surface area contributed by atoms with Gasteiger partial charge in [0, 0.05) is 0 Å². The summed E-state index contributed by atoms with van der Waals surface area (Å²) in [5.41, 5.74) is 0. The molecule has 0 aromatic heterocycles. The van der Waals surface area contributed by atoms with Crippen molar-refractivity contribution < 1.29 is 39.7 Å². The molecule has 0 aromatic rings. The van der Waals surface area contributed by atoms with Gasteiger partial charge in [-0.3, -0.25) is 0 Å². The van der Waals surface area contributed by atoms with Gasteiger partial charge in [-0.25, -0.2) is 0 Å². The van der Waals surface area contributed by atoms with Crippen molar-refractivity contribution in [3.05, 3.63) is 0 Å². The van der Waals surface area contributed by atoms with Crippen molar-refractivity contribution in [1.29, 1.82) is 0 Å². The lowest BCUT2D eigenvalue weighted by Crippen LogP contribution is -2.62. The fourth-order valence-corrected chi connectivity index (χ4v) is 2.94. The Morgan fingerprint density at radius 3 is 2.00 bits per heavy atom. The summed E-state index contributed by atoms with van der Waals surface area (Å²) in [6, 6.07) is 0. The predicted octanol–water partition coefficient (Wildman–Crippen LogP) is -1.88. The molecule has 2 aliphatic rings. The van der Waals surface area contributed by atoms with Crippen LogP contribution in [0.2, 0.25) is 0 Å². The Hall–Kier alpha value is -0.320. The Kier molecular flexibility index (Phi) is 5.79. The average Bonchev–Trinajstić information content (AvgIpc) is 2.49. The molecule has 10 atom stereocenters. The van der Waals surface area contributed by atoms with E-state index >= 15 is 0 Å². The van der Waals surface area contributed by atoms with Gasteiger partial charge in [0.2, 0.25) is 0 Å². The van der Waals surface area contributed by atoms with Crippen LogP contribution < -0.4 is 0 Å². The van der Waals surface area contributed by atoms with E-state index in [2.05, 4.69) is 0 Å². The number of aliphatic hydroxyl groups excluding tert-OH is 5. The Balaban J connectivity index is 2.06. The van der Waals surface area contributed by atoms with Crippen LogP contribution in [0, 0.1) is 0 Å². The van der Waals surface area contributed by atoms with Gasteiger partial charge in [0.15, 0.2) is 6.29 Å². The van der Waals surface area contributed by atoms with E-state index in [0.717, 1.165) is 0 Å². The molecule has 0 aliphatic carbocycles. The van der Waals surface area contributed by atoms with Crippen molar-refractivity contribution in [2.45, 2.75) is 88.4 Å². The molecule has 0 amide bonds. The molecule has 0 bridgehead atoms. The minimum atomic E-state index is -1.47. The first-order chi connectivity index (χ1) is 10.3. The first-order valence-electron chi connectivity index (χ1n) is 7.64. The summed E-state index contributed by atoms with van der Waals surface area (Å²) in [4.78, 5) is 0. The SMILES string of the molecule is CC[C@@H]1OC(C)[C@H](OC2OC(C)[C@H](O)[C@H](O)[C@@H]2O)[C@H](O)C1O. The van der Waals surface area contributed by atoms with E-state index in [1.54, 1.807) is 6.92 Å². The standard InChI is InChI=1S/C14H26O8/c1-4-7-9(16)11(18)13(6(3)20-7)22-14-12(19)10(17)8(15)5(2)21-14/h5-19H,4H2,1-3H3/t5?,6?,7-,8-,9?,10-,11+,12-,13-,14?/m0/s1. The Labute approximate surface area is 129 Å². The van der Waals surface area contributed by atoms with Gasteiger partial charge in [0.05, 0.1) is 18.3 Å². The largest absolute Gasteiger partial charge is 0.388 e. The summed E-state index contributed by atoms with van der Waals surface area (Å²) >= 11 is 0. The van der Waals surface area contributed by atoms with Crippen LogP contribution in [-0.4, -0.2) is 86.8 Å². The van der Waals surface area contributed by atoms with Crippen molar-refractivity contribution in [2.24, 2.45) is 0 Å². The smallest absolute Gasteiger partial charge is 0.187 e. The Bertz CT molecular complexity index is 367. The maximum absolute atomic E-state index is 10.2. The van der Waals surface area contributed by atoms with Gasteiger partial charge in [-0.1, -0.05) is 6.92 Å². The van der Waals surface area contributed by atoms with Crippen LogP contribution >= 0.6 is 0 Å². The Morgan fingerprint density at radius 1 is 0.773 bits per heavy atom. The summed E-state index contributed by atoms with van der Waals surface area (Å²) in [7, 11) is 0. The van der Waals surface area contributed by atoms with Crippen LogP contribution in [0.1, 0.15) is 27.2 Å². The quantitative estimate of drug-likeness (QED) is 0.408. The van der Waals surface area contributed by atoms with Gasteiger partial charge >= 0.3 is 0 Å². The first kappa shape index (κ1) is 18.0. The zero-order valence-corrected chi connectivity index (χ0v) is 12.9. The van der Waals surface area contributed by atoms with E-state index in [4.69, 9.17) is 14.2 Å². The highest BCUT2D eigenvalue weighted by atomic mass is 16.7. The van der Waals surface area contributed by atoms with Crippen molar-refractivity contribution in [2.75, 3.05) is 0 Å². The topological polar surface area (TPSA) is 129 Å². The molecule has 4 unspecified atom stereocenters. The third kappa shape index (κ3) is 3.29. The van der Waals surface area contributed by atoms with Gasteiger partial charge in [0.25, 0.3) is 0 Å². The summed E-state index contributed by atoms with van der Waals surface area (Å²) in [6.45, 7) is 5.06. The molecule has 2 aliphatic heterocycles. The number of hydrogen-bond acceptors (Lipinski definition) is 8. The first-order valence-corrected chi connectivity index (χ1v) is 7.64. The molecular weight excluding hydrogens is 296 g/mol. The molecule has 0 radical (unpaired) electrons. The molecule has 8 nitrogen and oxygen atoms in total. The zero-order chi connectivity index (χ0) is 16.6. The van der Waals surface area contributed by atoms with Gasteiger partial charge in [0.1, 0.15) is 36.6 Å². The zero-order valence-electron chi connectivity index (χ0n) is 12.9. The lowest BCUT2D eigenvalue weighted by Gasteiger charge is -2.45. The van der Waals surface area contributed by atoms with Crippen molar-refractivity contribution in [3.63, 3.8) is 0 Å². The van der Waals surface area contributed by atoms with Crippen LogP contribution in [0.4, 0.5) is 0 Å². The molecule has 130 valence electrons. The van der Waals surface area contributed by atoms with Crippen LogP contribution in [0.3, 0.4) is 0 Å². The molecule has 0 spiro atoms. The molecule has 2 saturated heterocycles. The fourth-order valence-electron chi connectivity index (χ4n) is 2.94. The molecule has 0 saturated carbocycles. The fraction of sp³-hybridized carbons (Fsp3) is 1.00. The minimum absolute atomic E-state index is 0.492. The molecule has 2 fully saturated rings. The lowest BCUT2D eigenvalue weighted by atomic mass is 9.93. The number of ether oxygens (including phenoxy) is 3. The second-order valence-electron chi connectivity index (χ2n) is 6.05. The molecule has 0 aromatic carbocycles. The normalized spacial score (nSPS) is 53.5.